The first-order valence-corrected chi connectivity index (χ1v) is 13.5. The second-order valence-electron chi connectivity index (χ2n) is 7.77. The van der Waals surface area contributed by atoms with E-state index in [1.807, 2.05) is 36.4 Å². The lowest BCUT2D eigenvalue weighted by molar-refractivity contribution is -0.139. The largest absolute Gasteiger partial charge is 0.357 e. The van der Waals surface area contributed by atoms with Gasteiger partial charge in [-0.2, -0.15) is 0 Å². The van der Waals surface area contributed by atoms with Gasteiger partial charge in [0.15, 0.2) is 0 Å². The number of hydrogen-bond donors (Lipinski definition) is 1. The van der Waals surface area contributed by atoms with Crippen molar-refractivity contribution in [1.82, 2.24) is 10.2 Å². The van der Waals surface area contributed by atoms with Gasteiger partial charge in [0.05, 0.1) is 5.75 Å². The standard InChI is InChI=1S/C26H24Cl4N2O2S/c1-31-26(34)24(12-17-6-3-2-4-7-17)32(14-20-21(28)8-5-9-22(20)29)25(33)16-35-15-18-10-11-19(27)13-23(18)30/h2-11,13,24H,12,14-16H2,1H3,(H,31,34). The maximum atomic E-state index is 13.5. The fourth-order valence-electron chi connectivity index (χ4n) is 3.54. The first-order valence-electron chi connectivity index (χ1n) is 10.8. The summed E-state index contributed by atoms with van der Waals surface area (Å²) in [6.45, 7) is 0.102. The number of amides is 2. The molecule has 0 bridgehead atoms. The monoisotopic (exact) mass is 568 g/mol. The van der Waals surface area contributed by atoms with E-state index in [0.717, 1.165) is 11.1 Å². The molecule has 0 aliphatic carbocycles. The van der Waals surface area contributed by atoms with Crippen LogP contribution in [-0.2, 0) is 28.3 Å². The summed E-state index contributed by atoms with van der Waals surface area (Å²) in [4.78, 5) is 28.1. The van der Waals surface area contributed by atoms with Gasteiger partial charge in [-0.25, -0.2) is 0 Å². The highest BCUT2D eigenvalue weighted by Crippen LogP contribution is 2.29. The van der Waals surface area contributed by atoms with Crippen molar-refractivity contribution in [3.63, 3.8) is 0 Å². The van der Waals surface area contributed by atoms with Gasteiger partial charge in [0.1, 0.15) is 6.04 Å². The molecule has 9 heteroatoms. The molecular formula is C26H24Cl4N2O2S. The Labute approximate surface area is 229 Å². The number of likely N-dealkylation sites (N-methyl/N-ethyl adjacent to an activating group) is 1. The minimum atomic E-state index is -0.748. The number of hydrogen-bond acceptors (Lipinski definition) is 3. The molecule has 3 aromatic carbocycles. The third kappa shape index (κ3) is 7.80. The molecule has 2 amide bonds. The van der Waals surface area contributed by atoms with Crippen LogP contribution in [0, 0.1) is 0 Å². The van der Waals surface area contributed by atoms with Crippen LogP contribution in [0.2, 0.25) is 20.1 Å². The van der Waals surface area contributed by atoms with E-state index < -0.39 is 6.04 Å². The number of rotatable bonds is 10. The van der Waals surface area contributed by atoms with Crippen molar-refractivity contribution in [2.45, 2.75) is 24.8 Å². The predicted octanol–water partition coefficient (Wildman–Crippen LogP) is 6.92. The average molecular weight is 570 g/mol. The third-order valence-corrected chi connectivity index (χ3v) is 7.67. The summed E-state index contributed by atoms with van der Waals surface area (Å²) in [7, 11) is 1.56. The zero-order valence-electron chi connectivity index (χ0n) is 18.9. The Balaban J connectivity index is 1.86. The number of carbonyl (C=O) groups is 2. The lowest BCUT2D eigenvalue weighted by atomic mass is 10.0. The lowest BCUT2D eigenvalue weighted by Crippen LogP contribution is -2.50. The molecule has 0 saturated heterocycles. The van der Waals surface area contributed by atoms with Crippen LogP contribution in [0.4, 0.5) is 0 Å². The van der Waals surface area contributed by atoms with Gasteiger partial charge in [-0.05, 0) is 35.4 Å². The van der Waals surface area contributed by atoms with Gasteiger partial charge in [0, 0.05) is 51.4 Å². The van der Waals surface area contributed by atoms with E-state index in [1.54, 1.807) is 42.3 Å². The van der Waals surface area contributed by atoms with Crippen LogP contribution in [0.25, 0.3) is 0 Å². The Morgan fingerprint density at radius 3 is 2.23 bits per heavy atom. The molecule has 0 aromatic heterocycles. The molecule has 3 rings (SSSR count). The van der Waals surface area contributed by atoms with Gasteiger partial charge in [-0.15, -0.1) is 11.8 Å². The molecule has 0 spiro atoms. The summed E-state index contributed by atoms with van der Waals surface area (Å²) in [6, 6.07) is 19.3. The van der Waals surface area contributed by atoms with E-state index >= 15 is 0 Å². The summed E-state index contributed by atoms with van der Waals surface area (Å²) in [5, 5.41) is 4.67. The molecule has 184 valence electrons. The van der Waals surface area contributed by atoms with Gasteiger partial charge in [0.25, 0.3) is 0 Å². The van der Waals surface area contributed by atoms with Crippen LogP contribution in [0.5, 0.6) is 0 Å². The first kappa shape index (κ1) is 27.7. The van der Waals surface area contributed by atoms with E-state index in [4.69, 9.17) is 46.4 Å². The lowest BCUT2D eigenvalue weighted by Gasteiger charge is -2.31. The van der Waals surface area contributed by atoms with Crippen molar-refractivity contribution in [2.24, 2.45) is 0 Å². The smallest absolute Gasteiger partial charge is 0.242 e. The summed E-state index contributed by atoms with van der Waals surface area (Å²) in [5.74, 6) is 0.187. The fraction of sp³-hybridized carbons (Fsp3) is 0.231. The van der Waals surface area contributed by atoms with Crippen molar-refractivity contribution in [2.75, 3.05) is 12.8 Å². The van der Waals surface area contributed by atoms with Gasteiger partial charge in [-0.1, -0.05) is 88.9 Å². The highest BCUT2D eigenvalue weighted by atomic mass is 35.5. The second-order valence-corrected chi connectivity index (χ2v) is 10.4. The van der Waals surface area contributed by atoms with E-state index in [2.05, 4.69) is 5.32 Å². The molecule has 1 atom stereocenters. The van der Waals surface area contributed by atoms with Crippen LogP contribution in [0.15, 0.2) is 66.7 Å². The molecule has 1 unspecified atom stereocenters. The van der Waals surface area contributed by atoms with Gasteiger partial charge < -0.3 is 10.2 Å². The Bertz CT molecular complexity index is 1160. The molecule has 0 aliphatic heterocycles. The molecule has 0 saturated carbocycles. The van der Waals surface area contributed by atoms with Crippen LogP contribution in [0.3, 0.4) is 0 Å². The third-order valence-electron chi connectivity index (χ3n) is 5.41. The number of nitrogens with one attached hydrogen (secondary N) is 1. The second kappa shape index (κ2) is 13.4. The highest BCUT2D eigenvalue weighted by molar-refractivity contribution is 7.99. The molecule has 3 aromatic rings. The van der Waals surface area contributed by atoms with Crippen molar-refractivity contribution < 1.29 is 9.59 Å². The van der Waals surface area contributed by atoms with Crippen LogP contribution in [0.1, 0.15) is 16.7 Å². The van der Waals surface area contributed by atoms with E-state index in [-0.39, 0.29) is 24.1 Å². The number of thioether (sulfide) groups is 1. The number of halogens is 4. The summed E-state index contributed by atoms with van der Waals surface area (Å²) in [6.07, 6.45) is 0.349. The molecule has 0 radical (unpaired) electrons. The fourth-order valence-corrected chi connectivity index (χ4v) is 5.53. The van der Waals surface area contributed by atoms with Crippen LogP contribution in [-0.4, -0.2) is 35.6 Å². The van der Waals surface area contributed by atoms with Crippen molar-refractivity contribution in [1.29, 1.82) is 0 Å². The number of nitrogens with zero attached hydrogens (tertiary/aromatic N) is 1. The van der Waals surface area contributed by atoms with Crippen molar-refractivity contribution >= 4 is 70.0 Å². The minimum absolute atomic E-state index is 0.102. The Kier molecular flexibility index (Phi) is 10.6. The Hall–Kier alpha value is -1.89. The first-order chi connectivity index (χ1) is 16.8. The number of carbonyl (C=O) groups excluding carboxylic acids is 2. The summed E-state index contributed by atoms with van der Waals surface area (Å²) in [5.41, 5.74) is 2.41. The average Bonchev–Trinajstić information content (AvgIpc) is 2.84. The van der Waals surface area contributed by atoms with Gasteiger partial charge in [-0.3, -0.25) is 9.59 Å². The molecule has 4 nitrogen and oxygen atoms in total. The van der Waals surface area contributed by atoms with Crippen LogP contribution < -0.4 is 5.32 Å². The minimum Gasteiger partial charge on any atom is -0.357 e. The summed E-state index contributed by atoms with van der Waals surface area (Å²) >= 11 is 26.5. The zero-order chi connectivity index (χ0) is 25.4. The molecule has 0 fully saturated rings. The van der Waals surface area contributed by atoms with Crippen molar-refractivity contribution in [3.8, 4) is 0 Å². The molecule has 0 aliphatic rings. The van der Waals surface area contributed by atoms with Gasteiger partial charge >= 0.3 is 0 Å². The zero-order valence-corrected chi connectivity index (χ0v) is 22.8. The summed E-state index contributed by atoms with van der Waals surface area (Å²) < 4.78 is 0. The van der Waals surface area contributed by atoms with E-state index in [0.29, 0.717) is 37.8 Å². The molecule has 0 heterocycles. The Morgan fingerprint density at radius 2 is 1.60 bits per heavy atom. The Morgan fingerprint density at radius 1 is 0.914 bits per heavy atom. The van der Waals surface area contributed by atoms with Crippen molar-refractivity contribution in [3.05, 3.63) is 104 Å². The van der Waals surface area contributed by atoms with E-state index in [9.17, 15) is 9.59 Å². The SMILES string of the molecule is CNC(=O)C(Cc1ccccc1)N(Cc1c(Cl)cccc1Cl)C(=O)CSCc1ccc(Cl)cc1Cl. The molecule has 35 heavy (non-hydrogen) atoms. The topological polar surface area (TPSA) is 49.4 Å². The van der Waals surface area contributed by atoms with Gasteiger partial charge in [0.2, 0.25) is 11.8 Å². The van der Waals surface area contributed by atoms with Crippen LogP contribution >= 0.6 is 58.2 Å². The maximum Gasteiger partial charge on any atom is 0.242 e. The predicted molar refractivity (Wildman–Crippen MR) is 148 cm³/mol. The maximum absolute atomic E-state index is 13.5. The van der Waals surface area contributed by atoms with E-state index in [1.165, 1.54) is 11.8 Å². The molecule has 1 N–H and O–H groups in total. The quantitative estimate of drug-likeness (QED) is 0.288. The molecular weight excluding hydrogens is 546 g/mol. The normalized spacial score (nSPS) is 11.7. The number of benzene rings is 3. The highest BCUT2D eigenvalue weighted by Gasteiger charge is 2.30.